The minimum atomic E-state index is -0.535. The fourth-order valence-corrected chi connectivity index (χ4v) is 4.78. The predicted octanol–water partition coefficient (Wildman–Crippen LogP) is 4.69. The Kier molecular flexibility index (Phi) is 5.90. The van der Waals surface area contributed by atoms with Crippen molar-refractivity contribution in [1.29, 1.82) is 0 Å². The number of hydrogen-bond donors (Lipinski definition) is 2. The van der Waals surface area contributed by atoms with E-state index in [-0.39, 0.29) is 17.6 Å². The molecule has 0 aliphatic carbocycles. The third-order valence-electron chi connectivity index (χ3n) is 6.79. The Hall–Kier alpha value is -4.11. The number of halogens is 1. The molecule has 6 rings (SSSR count). The molecule has 4 aromatic rings. The lowest BCUT2D eigenvalue weighted by molar-refractivity contribution is -0.139. The monoisotopic (exact) mass is 484 g/mol. The van der Waals surface area contributed by atoms with Crippen molar-refractivity contribution in [2.75, 3.05) is 18.5 Å². The molecule has 1 saturated heterocycles. The van der Waals surface area contributed by atoms with Gasteiger partial charge in [0.15, 0.2) is 17.5 Å². The quantitative estimate of drug-likeness (QED) is 0.427. The van der Waals surface area contributed by atoms with E-state index >= 15 is 0 Å². The van der Waals surface area contributed by atoms with Gasteiger partial charge in [-0.1, -0.05) is 24.3 Å². The Balaban J connectivity index is 1.19. The standard InChI is InChI=1S/C27H25FN6O2/c28-24-14-29-25(33-26(24)32-23-5-3-17(4-6-23)22-12-30-31-13-22)19-1-2-20-15-34(16-21(20)11-19)27(35)18-7-9-36-10-8-18/h1-6,11-14,18H,7-10,15-16H2,(H,30,31)(H,29,32,33). The summed E-state index contributed by atoms with van der Waals surface area (Å²) in [5, 5.41) is 9.81. The van der Waals surface area contributed by atoms with Gasteiger partial charge in [0.05, 0.1) is 12.4 Å². The lowest BCUT2D eigenvalue weighted by Crippen LogP contribution is -2.35. The van der Waals surface area contributed by atoms with Gasteiger partial charge in [0, 0.05) is 55.2 Å². The Morgan fingerprint density at radius 3 is 2.56 bits per heavy atom. The van der Waals surface area contributed by atoms with Crippen molar-refractivity contribution in [3.63, 3.8) is 0 Å². The van der Waals surface area contributed by atoms with Crippen LogP contribution < -0.4 is 5.32 Å². The minimum absolute atomic E-state index is 0.0374. The van der Waals surface area contributed by atoms with Crippen molar-refractivity contribution >= 4 is 17.4 Å². The molecule has 2 aromatic heterocycles. The lowest BCUT2D eigenvalue weighted by atomic mass is 9.99. The molecule has 4 heterocycles. The predicted molar refractivity (Wildman–Crippen MR) is 133 cm³/mol. The van der Waals surface area contributed by atoms with Crippen LogP contribution in [0.4, 0.5) is 15.9 Å². The van der Waals surface area contributed by atoms with Crippen molar-refractivity contribution in [1.82, 2.24) is 25.1 Å². The topological polar surface area (TPSA) is 96.0 Å². The highest BCUT2D eigenvalue weighted by Crippen LogP contribution is 2.31. The maximum absolute atomic E-state index is 14.6. The first-order valence-corrected chi connectivity index (χ1v) is 12.0. The molecule has 9 heteroatoms. The van der Waals surface area contributed by atoms with E-state index in [0.717, 1.165) is 40.7 Å². The Morgan fingerprint density at radius 2 is 1.78 bits per heavy atom. The van der Waals surface area contributed by atoms with Gasteiger partial charge in [-0.25, -0.2) is 14.4 Å². The molecule has 182 valence electrons. The number of nitrogens with one attached hydrogen (secondary N) is 2. The smallest absolute Gasteiger partial charge is 0.226 e. The van der Waals surface area contributed by atoms with Gasteiger partial charge >= 0.3 is 0 Å². The summed E-state index contributed by atoms with van der Waals surface area (Å²) in [5.74, 6) is 0.223. The average Bonchev–Trinajstić information content (AvgIpc) is 3.61. The maximum atomic E-state index is 14.6. The molecule has 2 aromatic carbocycles. The fraction of sp³-hybridized carbons (Fsp3) is 0.259. The number of H-pyrrole nitrogens is 1. The number of fused-ring (bicyclic) bond motifs is 1. The summed E-state index contributed by atoms with van der Waals surface area (Å²) >= 11 is 0. The molecule has 8 nitrogen and oxygen atoms in total. The Bertz CT molecular complexity index is 1380. The van der Waals surface area contributed by atoms with Crippen LogP contribution >= 0.6 is 0 Å². The van der Waals surface area contributed by atoms with Crippen LogP contribution in [0.2, 0.25) is 0 Å². The zero-order chi connectivity index (χ0) is 24.5. The summed E-state index contributed by atoms with van der Waals surface area (Å²) in [6.45, 7) is 2.47. The number of rotatable bonds is 5. The second kappa shape index (κ2) is 9.50. The molecule has 2 aliphatic rings. The highest BCUT2D eigenvalue weighted by Gasteiger charge is 2.30. The van der Waals surface area contributed by atoms with Crippen LogP contribution in [0.15, 0.2) is 61.1 Å². The first-order valence-electron chi connectivity index (χ1n) is 12.0. The van der Waals surface area contributed by atoms with Crippen molar-refractivity contribution < 1.29 is 13.9 Å². The number of anilines is 2. The van der Waals surface area contributed by atoms with E-state index in [0.29, 0.717) is 37.8 Å². The molecular formula is C27H25FN6O2. The molecule has 1 fully saturated rings. The number of aromatic amines is 1. The van der Waals surface area contributed by atoms with Crippen LogP contribution in [0.5, 0.6) is 0 Å². The number of ether oxygens (including phenoxy) is 1. The Morgan fingerprint density at radius 1 is 1.00 bits per heavy atom. The second-order valence-electron chi connectivity index (χ2n) is 9.14. The molecule has 0 saturated carbocycles. The van der Waals surface area contributed by atoms with Gasteiger partial charge in [0.1, 0.15) is 0 Å². The number of amides is 1. The van der Waals surface area contributed by atoms with Gasteiger partial charge in [-0.2, -0.15) is 5.10 Å². The van der Waals surface area contributed by atoms with E-state index in [1.807, 2.05) is 53.6 Å². The van der Waals surface area contributed by atoms with Crippen LogP contribution in [0.1, 0.15) is 24.0 Å². The first-order chi connectivity index (χ1) is 17.6. The van der Waals surface area contributed by atoms with Gasteiger partial charge in [-0.05, 0) is 47.7 Å². The number of benzene rings is 2. The van der Waals surface area contributed by atoms with E-state index < -0.39 is 5.82 Å². The van der Waals surface area contributed by atoms with Gasteiger partial charge in [0.25, 0.3) is 0 Å². The number of carbonyl (C=O) groups is 1. The van der Waals surface area contributed by atoms with Crippen molar-refractivity contribution in [2.45, 2.75) is 25.9 Å². The molecule has 1 amide bonds. The van der Waals surface area contributed by atoms with Gasteiger partial charge in [0.2, 0.25) is 5.91 Å². The number of aromatic nitrogens is 4. The summed E-state index contributed by atoms with van der Waals surface area (Å²) in [7, 11) is 0. The van der Waals surface area contributed by atoms with E-state index in [1.165, 1.54) is 6.20 Å². The van der Waals surface area contributed by atoms with Crippen molar-refractivity contribution in [2.24, 2.45) is 5.92 Å². The molecule has 2 aliphatic heterocycles. The number of hydrogen-bond acceptors (Lipinski definition) is 6. The molecular weight excluding hydrogens is 459 g/mol. The van der Waals surface area contributed by atoms with E-state index in [2.05, 4.69) is 25.5 Å². The summed E-state index contributed by atoms with van der Waals surface area (Å²) in [6, 6.07) is 13.5. The Labute approximate surface area is 207 Å². The molecule has 0 radical (unpaired) electrons. The van der Waals surface area contributed by atoms with Crippen molar-refractivity contribution in [3.05, 3.63) is 78.0 Å². The van der Waals surface area contributed by atoms with Crippen LogP contribution in [-0.4, -0.2) is 44.2 Å². The normalized spacial score (nSPS) is 15.6. The van der Waals surface area contributed by atoms with Gasteiger partial charge in [-0.3, -0.25) is 9.89 Å². The molecule has 0 unspecified atom stereocenters. The lowest BCUT2D eigenvalue weighted by Gasteiger charge is -2.26. The minimum Gasteiger partial charge on any atom is -0.381 e. The van der Waals surface area contributed by atoms with E-state index in [9.17, 15) is 9.18 Å². The third-order valence-corrected chi connectivity index (χ3v) is 6.79. The van der Waals surface area contributed by atoms with Gasteiger partial charge < -0.3 is 15.0 Å². The third kappa shape index (κ3) is 4.45. The number of nitrogens with zero attached hydrogens (tertiary/aromatic N) is 4. The van der Waals surface area contributed by atoms with Crippen LogP contribution in [-0.2, 0) is 22.6 Å². The largest absolute Gasteiger partial charge is 0.381 e. The summed E-state index contributed by atoms with van der Waals surface area (Å²) in [4.78, 5) is 23.5. The zero-order valence-corrected chi connectivity index (χ0v) is 19.6. The second-order valence-corrected chi connectivity index (χ2v) is 9.14. The van der Waals surface area contributed by atoms with Crippen LogP contribution in [0.3, 0.4) is 0 Å². The van der Waals surface area contributed by atoms with Crippen LogP contribution in [0.25, 0.3) is 22.5 Å². The van der Waals surface area contributed by atoms with Gasteiger partial charge in [-0.15, -0.1) is 0 Å². The van der Waals surface area contributed by atoms with E-state index in [1.54, 1.807) is 6.20 Å². The molecule has 36 heavy (non-hydrogen) atoms. The highest BCUT2D eigenvalue weighted by atomic mass is 19.1. The summed E-state index contributed by atoms with van der Waals surface area (Å²) < 4.78 is 20.0. The summed E-state index contributed by atoms with van der Waals surface area (Å²) in [5.41, 5.74) is 5.67. The fourth-order valence-electron chi connectivity index (χ4n) is 4.78. The molecule has 0 bridgehead atoms. The molecule has 0 spiro atoms. The summed E-state index contributed by atoms with van der Waals surface area (Å²) in [6.07, 6.45) is 6.30. The average molecular weight is 485 g/mol. The highest BCUT2D eigenvalue weighted by molar-refractivity contribution is 5.80. The first kappa shape index (κ1) is 22.4. The SMILES string of the molecule is O=C(C1CCOCC1)N1Cc2ccc(-c3ncc(F)c(Nc4ccc(-c5cn[nH]c5)cc4)n3)cc2C1. The maximum Gasteiger partial charge on any atom is 0.226 e. The van der Waals surface area contributed by atoms with Crippen molar-refractivity contribution in [3.8, 4) is 22.5 Å². The van der Waals surface area contributed by atoms with Crippen LogP contribution in [0, 0.1) is 11.7 Å². The molecule has 0 atom stereocenters. The van der Waals surface area contributed by atoms with E-state index in [4.69, 9.17) is 4.74 Å². The zero-order valence-electron chi connectivity index (χ0n) is 19.6. The molecule has 2 N–H and O–H groups in total. The number of carbonyl (C=O) groups excluding carboxylic acids is 1.